The maximum Gasteiger partial charge on any atom is 0.225 e. The highest BCUT2D eigenvalue weighted by atomic mass is 16.3. The molecule has 0 aliphatic rings. The highest BCUT2D eigenvalue weighted by Crippen LogP contribution is 2.46. The summed E-state index contributed by atoms with van der Waals surface area (Å²) in [4.78, 5) is 8.92. The van der Waals surface area contributed by atoms with E-state index in [9.17, 15) is 0 Å². The van der Waals surface area contributed by atoms with E-state index in [-0.39, 0.29) is 0 Å². The van der Waals surface area contributed by atoms with E-state index in [0.29, 0.717) is 11.8 Å². The molecule has 10 aromatic rings. The highest BCUT2D eigenvalue weighted by Gasteiger charge is 2.19. The van der Waals surface area contributed by atoms with Crippen LogP contribution in [0.4, 0.5) is 0 Å². The minimum atomic E-state index is 0.595. The number of hydrogen-bond acceptors (Lipinski definition) is 4. The minimum absolute atomic E-state index is 0.595. The molecule has 54 heavy (non-hydrogen) atoms. The summed E-state index contributed by atoms with van der Waals surface area (Å²) in [5.74, 6) is 1.19. The van der Waals surface area contributed by atoms with Gasteiger partial charge < -0.3 is 8.83 Å². The lowest BCUT2D eigenvalue weighted by Gasteiger charge is -2.19. The second-order valence-corrected chi connectivity index (χ2v) is 13.4. The van der Waals surface area contributed by atoms with E-state index in [1.165, 1.54) is 22.3 Å². The molecule has 0 saturated heterocycles. The van der Waals surface area contributed by atoms with Crippen LogP contribution in [0, 0.1) is 0 Å². The van der Waals surface area contributed by atoms with Gasteiger partial charge in [0.25, 0.3) is 0 Å². The second-order valence-electron chi connectivity index (χ2n) is 13.4. The smallest absolute Gasteiger partial charge is 0.225 e. The van der Waals surface area contributed by atoms with Crippen molar-refractivity contribution >= 4 is 21.5 Å². The van der Waals surface area contributed by atoms with Crippen molar-refractivity contribution in [3.05, 3.63) is 195 Å². The van der Waals surface area contributed by atoms with E-state index in [1.54, 1.807) is 24.9 Å². The summed E-state index contributed by atoms with van der Waals surface area (Å²) in [7, 11) is 0. The molecule has 0 spiro atoms. The Balaban J connectivity index is 1.27. The Hall–Kier alpha value is -7.30. The molecule has 0 radical (unpaired) electrons. The molecule has 0 bridgehead atoms. The fourth-order valence-corrected chi connectivity index (χ4v) is 7.72. The first-order valence-corrected chi connectivity index (χ1v) is 18.0. The molecule has 0 N–H and O–H groups in total. The lowest BCUT2D eigenvalue weighted by atomic mass is 9.84. The van der Waals surface area contributed by atoms with Crippen LogP contribution in [0.25, 0.3) is 100 Å². The van der Waals surface area contributed by atoms with Crippen molar-refractivity contribution in [3.8, 4) is 78.5 Å². The first kappa shape index (κ1) is 31.4. The van der Waals surface area contributed by atoms with E-state index in [2.05, 4.69) is 168 Å². The number of fused-ring (bicyclic) bond motifs is 2. The lowest BCUT2D eigenvalue weighted by molar-refractivity contribution is 0.574. The fraction of sp³-hybridized carbons (Fsp3) is 0. The van der Waals surface area contributed by atoms with E-state index < -0.39 is 0 Å². The summed E-state index contributed by atoms with van der Waals surface area (Å²) in [5.41, 5.74) is 13.4. The molecular weight excluding hydrogens is 661 g/mol. The topological polar surface area (TPSA) is 52.1 Å². The first-order chi connectivity index (χ1) is 26.8. The second kappa shape index (κ2) is 13.4. The summed E-state index contributed by atoms with van der Waals surface area (Å²) >= 11 is 0. The van der Waals surface area contributed by atoms with Gasteiger partial charge in [-0.2, -0.15) is 0 Å². The van der Waals surface area contributed by atoms with Crippen molar-refractivity contribution in [2.45, 2.75) is 0 Å². The molecule has 0 amide bonds. The van der Waals surface area contributed by atoms with Crippen LogP contribution >= 0.6 is 0 Å². The maximum absolute atomic E-state index is 5.75. The molecule has 8 aromatic carbocycles. The van der Waals surface area contributed by atoms with Gasteiger partial charge in [0.05, 0.1) is 12.4 Å². The van der Waals surface area contributed by atoms with E-state index >= 15 is 0 Å². The maximum atomic E-state index is 5.75. The standard InChI is InChI=1S/C50H32N2O2/c1-3-11-33(12-4-1)40-29-41(34-13-5-2-6-14-34)31-42(30-40)35-21-22-45-46(32-35)48(37-16-10-18-39(28-37)50-52-24-26-54-50)44-20-8-7-19-43(44)47(45)36-15-9-17-38(27-36)49-51-23-25-53-49/h1-32H. The Morgan fingerprint density at radius 1 is 0.278 bits per heavy atom. The van der Waals surface area contributed by atoms with Crippen LogP contribution in [0.2, 0.25) is 0 Å². The van der Waals surface area contributed by atoms with Crippen molar-refractivity contribution < 1.29 is 8.83 Å². The highest BCUT2D eigenvalue weighted by molar-refractivity contribution is 6.22. The van der Waals surface area contributed by atoms with Gasteiger partial charge in [0.1, 0.15) is 12.5 Å². The van der Waals surface area contributed by atoms with Gasteiger partial charge in [0, 0.05) is 11.1 Å². The lowest BCUT2D eigenvalue weighted by Crippen LogP contribution is -1.93. The Kier molecular flexibility index (Phi) is 7.77. The minimum Gasteiger partial charge on any atom is -0.445 e. The zero-order chi connectivity index (χ0) is 35.8. The van der Waals surface area contributed by atoms with Gasteiger partial charge in [0.15, 0.2) is 0 Å². The molecule has 2 heterocycles. The van der Waals surface area contributed by atoms with Crippen LogP contribution < -0.4 is 0 Å². The van der Waals surface area contributed by atoms with Crippen molar-refractivity contribution in [3.63, 3.8) is 0 Å². The summed E-state index contributed by atoms with van der Waals surface area (Å²) < 4.78 is 11.5. The van der Waals surface area contributed by atoms with Crippen molar-refractivity contribution in [2.24, 2.45) is 0 Å². The van der Waals surface area contributed by atoms with Crippen LogP contribution in [0.15, 0.2) is 204 Å². The van der Waals surface area contributed by atoms with E-state index in [4.69, 9.17) is 8.83 Å². The predicted octanol–water partition coefficient (Wildman–Crippen LogP) is 13.6. The van der Waals surface area contributed by atoms with Crippen molar-refractivity contribution in [1.82, 2.24) is 9.97 Å². The van der Waals surface area contributed by atoms with Gasteiger partial charge >= 0.3 is 0 Å². The predicted molar refractivity (Wildman–Crippen MR) is 220 cm³/mol. The molecular formula is C50H32N2O2. The number of rotatable bonds is 7. The Labute approximate surface area is 312 Å². The third-order valence-corrected chi connectivity index (χ3v) is 10.2. The van der Waals surface area contributed by atoms with Crippen LogP contribution in [0.3, 0.4) is 0 Å². The summed E-state index contributed by atoms with van der Waals surface area (Å²) in [6, 6.07) is 60.8. The zero-order valence-electron chi connectivity index (χ0n) is 29.2. The quantitative estimate of drug-likeness (QED) is 0.156. The first-order valence-electron chi connectivity index (χ1n) is 18.0. The normalized spacial score (nSPS) is 11.3. The number of oxazole rings is 2. The molecule has 2 aromatic heterocycles. The third kappa shape index (κ3) is 5.67. The SMILES string of the molecule is c1ccc(-c2cc(-c3ccccc3)cc(-c3ccc4c(-c5cccc(-c6ncco6)c5)c5ccccc5c(-c5cccc(-c6ncco6)c5)c4c3)c2)cc1. The molecule has 0 aliphatic heterocycles. The van der Waals surface area contributed by atoms with Crippen molar-refractivity contribution in [1.29, 1.82) is 0 Å². The number of benzene rings is 8. The van der Waals surface area contributed by atoms with Gasteiger partial charge in [0.2, 0.25) is 11.8 Å². The number of hydrogen-bond donors (Lipinski definition) is 0. The number of aromatic nitrogens is 2. The molecule has 0 atom stereocenters. The average Bonchev–Trinajstić information content (AvgIpc) is 4.00. The molecule has 0 fully saturated rings. The fourth-order valence-electron chi connectivity index (χ4n) is 7.72. The van der Waals surface area contributed by atoms with Gasteiger partial charge in [-0.05, 0) is 126 Å². The molecule has 4 heteroatoms. The number of nitrogens with zero attached hydrogens (tertiary/aromatic N) is 2. The largest absolute Gasteiger partial charge is 0.445 e. The van der Waals surface area contributed by atoms with E-state index in [0.717, 1.165) is 66.1 Å². The van der Waals surface area contributed by atoms with Crippen LogP contribution in [-0.2, 0) is 0 Å². The average molecular weight is 693 g/mol. The Morgan fingerprint density at radius 3 is 1.19 bits per heavy atom. The van der Waals surface area contributed by atoms with Gasteiger partial charge in [-0.25, -0.2) is 9.97 Å². The van der Waals surface area contributed by atoms with Gasteiger partial charge in [-0.1, -0.05) is 121 Å². The van der Waals surface area contributed by atoms with Gasteiger partial charge in [-0.3, -0.25) is 0 Å². The summed E-state index contributed by atoms with van der Waals surface area (Å²) in [5, 5.41) is 4.63. The monoisotopic (exact) mass is 692 g/mol. The van der Waals surface area contributed by atoms with E-state index in [1.807, 2.05) is 12.1 Å². The third-order valence-electron chi connectivity index (χ3n) is 10.2. The molecule has 0 saturated carbocycles. The Bertz CT molecular complexity index is 2860. The molecule has 0 unspecified atom stereocenters. The molecule has 10 rings (SSSR count). The van der Waals surface area contributed by atoms with Crippen LogP contribution in [0.1, 0.15) is 0 Å². The van der Waals surface area contributed by atoms with Crippen molar-refractivity contribution in [2.75, 3.05) is 0 Å². The molecule has 254 valence electrons. The summed E-state index contributed by atoms with van der Waals surface area (Å²) in [6.07, 6.45) is 6.61. The van der Waals surface area contributed by atoms with Crippen LogP contribution in [0.5, 0.6) is 0 Å². The molecule has 4 nitrogen and oxygen atoms in total. The summed E-state index contributed by atoms with van der Waals surface area (Å²) in [6.45, 7) is 0. The zero-order valence-corrected chi connectivity index (χ0v) is 29.2. The van der Waals surface area contributed by atoms with Gasteiger partial charge in [-0.15, -0.1) is 0 Å². The molecule has 0 aliphatic carbocycles. The Morgan fingerprint density at radius 2 is 0.685 bits per heavy atom. The van der Waals surface area contributed by atoms with Crippen LogP contribution in [-0.4, -0.2) is 9.97 Å².